The van der Waals surface area contributed by atoms with E-state index >= 15 is 0 Å². The Morgan fingerprint density at radius 3 is 2.73 bits per heavy atom. The predicted molar refractivity (Wildman–Crippen MR) is 83.5 cm³/mol. The summed E-state index contributed by atoms with van der Waals surface area (Å²) in [6.07, 6.45) is 1.09. The number of rotatable bonds is 4. The molecular weight excluding hydrogens is 306 g/mol. The molecule has 0 aliphatic carbocycles. The predicted octanol–water partition coefficient (Wildman–Crippen LogP) is 1.41. The van der Waals surface area contributed by atoms with Crippen LogP contribution in [0.4, 0.5) is 5.69 Å². The van der Waals surface area contributed by atoms with Gasteiger partial charge in [-0.25, -0.2) is 0 Å². The molecule has 0 unspecified atom stereocenters. The Morgan fingerprint density at radius 2 is 2.05 bits per heavy atom. The van der Waals surface area contributed by atoms with E-state index < -0.39 is 11.8 Å². The highest BCUT2D eigenvalue weighted by molar-refractivity contribution is 6.41. The lowest BCUT2D eigenvalue weighted by molar-refractivity contribution is -0.136. The van der Waals surface area contributed by atoms with E-state index in [0.717, 1.165) is 6.42 Å². The fourth-order valence-electron chi connectivity index (χ4n) is 2.35. The van der Waals surface area contributed by atoms with Crippen LogP contribution in [0.1, 0.15) is 19.8 Å². The monoisotopic (exact) mass is 323 g/mol. The van der Waals surface area contributed by atoms with E-state index in [1.54, 1.807) is 29.2 Å². The van der Waals surface area contributed by atoms with Crippen LogP contribution in [-0.4, -0.2) is 41.8 Å². The van der Waals surface area contributed by atoms with Crippen LogP contribution in [-0.2, 0) is 14.4 Å². The zero-order valence-electron chi connectivity index (χ0n) is 12.3. The summed E-state index contributed by atoms with van der Waals surface area (Å²) in [6.45, 7) is 3.09. The topological polar surface area (TPSA) is 78.5 Å². The molecule has 3 amide bonds. The standard InChI is InChI=1S/C15H18ClN3O3/c1-2-7-19-9-10(8-13(19)20)17-14(21)15(22)18-12-6-4-3-5-11(12)16/h3-6,10H,2,7-9H2,1H3,(H,17,21)(H,18,22)/t10-/m1/s1. The molecule has 2 rings (SSSR count). The summed E-state index contributed by atoms with van der Waals surface area (Å²) in [4.78, 5) is 37.2. The first-order valence-electron chi connectivity index (χ1n) is 7.15. The highest BCUT2D eigenvalue weighted by Crippen LogP contribution is 2.20. The van der Waals surface area contributed by atoms with Crippen molar-refractivity contribution >= 4 is 35.0 Å². The number of nitrogens with one attached hydrogen (secondary N) is 2. The van der Waals surface area contributed by atoms with Gasteiger partial charge < -0.3 is 15.5 Å². The summed E-state index contributed by atoms with van der Waals surface area (Å²) in [6, 6.07) is 6.33. The molecule has 0 bridgehead atoms. The van der Waals surface area contributed by atoms with Gasteiger partial charge in [0.1, 0.15) is 0 Å². The third-order valence-corrected chi connectivity index (χ3v) is 3.70. The summed E-state index contributed by atoms with van der Waals surface area (Å²) in [5.74, 6) is -1.57. The largest absolute Gasteiger partial charge is 0.343 e. The molecule has 0 aromatic heterocycles. The number of carbonyl (C=O) groups excluding carboxylic acids is 3. The molecule has 1 atom stereocenters. The van der Waals surface area contributed by atoms with Crippen molar-refractivity contribution in [3.8, 4) is 0 Å². The number of nitrogens with zero attached hydrogens (tertiary/aromatic N) is 1. The fraction of sp³-hybridized carbons (Fsp3) is 0.400. The van der Waals surface area contributed by atoms with E-state index in [1.165, 1.54) is 0 Å². The van der Waals surface area contributed by atoms with Crippen LogP contribution in [0.5, 0.6) is 0 Å². The van der Waals surface area contributed by atoms with Gasteiger partial charge in [-0.05, 0) is 18.6 Å². The van der Waals surface area contributed by atoms with Crippen molar-refractivity contribution in [3.05, 3.63) is 29.3 Å². The summed E-state index contributed by atoms with van der Waals surface area (Å²) < 4.78 is 0. The first-order chi connectivity index (χ1) is 10.5. The van der Waals surface area contributed by atoms with E-state index in [9.17, 15) is 14.4 Å². The average Bonchev–Trinajstić information content (AvgIpc) is 2.81. The van der Waals surface area contributed by atoms with Gasteiger partial charge in [-0.1, -0.05) is 30.7 Å². The fourth-order valence-corrected chi connectivity index (χ4v) is 2.53. The molecule has 7 heteroatoms. The van der Waals surface area contributed by atoms with Crippen LogP contribution >= 0.6 is 11.6 Å². The van der Waals surface area contributed by atoms with E-state index in [-0.39, 0.29) is 18.4 Å². The summed E-state index contributed by atoms with van der Waals surface area (Å²) in [5, 5.41) is 5.39. The van der Waals surface area contributed by atoms with Crippen LogP contribution in [0.25, 0.3) is 0 Å². The van der Waals surface area contributed by atoms with Crippen molar-refractivity contribution < 1.29 is 14.4 Å². The molecule has 1 aromatic carbocycles. The Balaban J connectivity index is 1.89. The minimum absolute atomic E-state index is 0.00124. The lowest BCUT2D eigenvalue weighted by atomic mass is 10.2. The quantitative estimate of drug-likeness (QED) is 0.822. The van der Waals surface area contributed by atoms with Crippen LogP contribution in [0.15, 0.2) is 24.3 Å². The molecule has 1 saturated heterocycles. The maximum Gasteiger partial charge on any atom is 0.313 e. The Hall–Kier alpha value is -2.08. The van der Waals surface area contributed by atoms with Crippen molar-refractivity contribution in [2.24, 2.45) is 0 Å². The first-order valence-corrected chi connectivity index (χ1v) is 7.53. The Morgan fingerprint density at radius 1 is 1.32 bits per heavy atom. The molecule has 0 spiro atoms. The summed E-state index contributed by atoms with van der Waals surface area (Å²) in [5.41, 5.74) is 0.374. The molecule has 2 N–H and O–H groups in total. The SMILES string of the molecule is CCCN1C[C@H](NC(=O)C(=O)Nc2ccccc2Cl)CC1=O. The minimum atomic E-state index is -0.797. The normalized spacial score (nSPS) is 17.5. The smallest absolute Gasteiger partial charge is 0.313 e. The third kappa shape index (κ3) is 3.98. The molecular formula is C15H18ClN3O3. The second-order valence-electron chi connectivity index (χ2n) is 5.15. The molecule has 118 valence electrons. The maximum atomic E-state index is 11.9. The molecule has 1 heterocycles. The van der Waals surface area contributed by atoms with E-state index in [2.05, 4.69) is 10.6 Å². The van der Waals surface area contributed by atoms with E-state index in [1.807, 2.05) is 6.92 Å². The number of benzene rings is 1. The Bertz CT molecular complexity index is 591. The van der Waals surface area contributed by atoms with Crippen molar-refractivity contribution in [3.63, 3.8) is 0 Å². The van der Waals surface area contributed by atoms with Crippen molar-refractivity contribution in [1.82, 2.24) is 10.2 Å². The van der Waals surface area contributed by atoms with Crippen LogP contribution < -0.4 is 10.6 Å². The number of carbonyl (C=O) groups is 3. The number of amides is 3. The van der Waals surface area contributed by atoms with Gasteiger partial charge in [0.05, 0.1) is 16.8 Å². The lowest BCUT2D eigenvalue weighted by Crippen LogP contribution is -2.43. The second-order valence-corrected chi connectivity index (χ2v) is 5.56. The number of para-hydroxylation sites is 1. The number of halogens is 1. The van der Waals surface area contributed by atoms with Gasteiger partial charge >= 0.3 is 11.8 Å². The van der Waals surface area contributed by atoms with Gasteiger partial charge in [0.2, 0.25) is 5.91 Å². The van der Waals surface area contributed by atoms with Crippen molar-refractivity contribution in [2.45, 2.75) is 25.8 Å². The molecule has 1 fully saturated rings. The molecule has 1 aliphatic heterocycles. The van der Waals surface area contributed by atoms with Crippen LogP contribution in [0, 0.1) is 0 Å². The lowest BCUT2D eigenvalue weighted by Gasteiger charge is -2.16. The highest BCUT2D eigenvalue weighted by Gasteiger charge is 2.31. The van der Waals surface area contributed by atoms with Gasteiger partial charge in [-0.15, -0.1) is 0 Å². The number of likely N-dealkylation sites (tertiary alicyclic amines) is 1. The Labute approximate surface area is 133 Å². The zero-order chi connectivity index (χ0) is 16.1. The molecule has 22 heavy (non-hydrogen) atoms. The highest BCUT2D eigenvalue weighted by atomic mass is 35.5. The summed E-state index contributed by atoms with van der Waals surface area (Å²) in [7, 11) is 0. The van der Waals surface area contributed by atoms with Crippen molar-refractivity contribution in [2.75, 3.05) is 18.4 Å². The van der Waals surface area contributed by atoms with Crippen LogP contribution in [0.2, 0.25) is 5.02 Å². The second kappa shape index (κ2) is 7.26. The minimum Gasteiger partial charge on any atom is -0.343 e. The Kier molecular flexibility index (Phi) is 5.38. The molecule has 1 aliphatic rings. The van der Waals surface area contributed by atoms with Crippen molar-refractivity contribution in [1.29, 1.82) is 0 Å². The molecule has 6 nitrogen and oxygen atoms in total. The van der Waals surface area contributed by atoms with Gasteiger partial charge in [0, 0.05) is 19.5 Å². The zero-order valence-corrected chi connectivity index (χ0v) is 13.0. The summed E-state index contributed by atoms with van der Waals surface area (Å²) >= 11 is 5.92. The molecule has 0 saturated carbocycles. The van der Waals surface area contributed by atoms with Gasteiger partial charge in [-0.3, -0.25) is 14.4 Å². The van der Waals surface area contributed by atoms with Gasteiger partial charge in [-0.2, -0.15) is 0 Å². The van der Waals surface area contributed by atoms with Gasteiger partial charge in [0.15, 0.2) is 0 Å². The van der Waals surface area contributed by atoms with Crippen LogP contribution in [0.3, 0.4) is 0 Å². The number of anilines is 1. The maximum absolute atomic E-state index is 11.9. The number of hydrogen-bond acceptors (Lipinski definition) is 3. The first kappa shape index (κ1) is 16.3. The van der Waals surface area contributed by atoms with Gasteiger partial charge in [0.25, 0.3) is 0 Å². The van der Waals surface area contributed by atoms with E-state index in [4.69, 9.17) is 11.6 Å². The number of hydrogen-bond donors (Lipinski definition) is 2. The van der Waals surface area contributed by atoms with E-state index in [0.29, 0.717) is 23.8 Å². The molecule has 1 aromatic rings. The third-order valence-electron chi connectivity index (χ3n) is 3.37. The average molecular weight is 324 g/mol. The molecule has 0 radical (unpaired) electrons.